The average molecular weight is 1130 g/mol. The summed E-state index contributed by atoms with van der Waals surface area (Å²) >= 11 is 0. The van der Waals surface area contributed by atoms with Crippen molar-refractivity contribution in [2.75, 3.05) is 13.2 Å². The Hall–Kier alpha value is -1.85. The molecule has 0 spiro atoms. The van der Waals surface area contributed by atoms with Gasteiger partial charge in [0.05, 0.1) is 0 Å². The monoisotopic (exact) mass is 1130 g/mol. The minimum Gasteiger partial charge on any atom is -0.462 e. The third-order valence-corrected chi connectivity index (χ3v) is 17.0. The van der Waals surface area contributed by atoms with Gasteiger partial charge in [0.15, 0.2) is 6.10 Å². The first-order chi connectivity index (χ1) is 39.5. The molecule has 0 saturated carbocycles. The van der Waals surface area contributed by atoms with Crippen LogP contribution in [0.1, 0.15) is 425 Å². The summed E-state index contributed by atoms with van der Waals surface area (Å²) < 4.78 is 17.0. The maximum absolute atomic E-state index is 13.0. The van der Waals surface area contributed by atoms with Crippen molar-refractivity contribution in [1.82, 2.24) is 0 Å². The molecular formula is C74H142O6. The van der Waals surface area contributed by atoms with Crippen molar-refractivity contribution >= 4 is 17.9 Å². The summed E-state index contributed by atoms with van der Waals surface area (Å²) in [5.74, 6) is -0.823. The molecule has 80 heavy (non-hydrogen) atoms. The largest absolute Gasteiger partial charge is 0.462 e. The topological polar surface area (TPSA) is 78.9 Å². The second-order valence-electron chi connectivity index (χ2n) is 25.2. The van der Waals surface area contributed by atoms with Crippen LogP contribution in [0.4, 0.5) is 0 Å². The van der Waals surface area contributed by atoms with E-state index >= 15 is 0 Å². The van der Waals surface area contributed by atoms with Crippen LogP contribution in [0.2, 0.25) is 0 Å². The van der Waals surface area contributed by atoms with Crippen LogP contribution in [0, 0.1) is 0 Å². The van der Waals surface area contributed by atoms with Gasteiger partial charge in [-0.1, -0.05) is 373 Å². The summed E-state index contributed by atoms with van der Waals surface area (Å²) in [6.07, 6.45) is 83.9. The Morgan fingerprint density at radius 2 is 0.412 bits per heavy atom. The second kappa shape index (κ2) is 69.6. The molecule has 0 heterocycles. The highest BCUT2D eigenvalue weighted by Crippen LogP contribution is 2.19. The summed E-state index contributed by atoms with van der Waals surface area (Å²) in [5, 5.41) is 0. The van der Waals surface area contributed by atoms with E-state index in [4.69, 9.17) is 14.2 Å². The van der Waals surface area contributed by atoms with E-state index in [1.807, 2.05) is 0 Å². The molecular weight excluding hydrogens is 985 g/mol. The molecule has 0 aliphatic carbocycles. The van der Waals surface area contributed by atoms with Gasteiger partial charge in [-0.25, -0.2) is 0 Å². The summed E-state index contributed by atoms with van der Waals surface area (Å²) in [6, 6.07) is 0. The van der Waals surface area contributed by atoms with Crippen LogP contribution in [0.25, 0.3) is 0 Å². The first kappa shape index (κ1) is 78.1. The van der Waals surface area contributed by atoms with Crippen LogP contribution in [0.3, 0.4) is 0 Å². The third kappa shape index (κ3) is 66.9. The highest BCUT2D eigenvalue weighted by molar-refractivity contribution is 5.71. The van der Waals surface area contributed by atoms with Gasteiger partial charge in [-0.2, -0.15) is 0 Å². The molecule has 0 aliphatic rings. The van der Waals surface area contributed by atoms with Gasteiger partial charge in [-0.15, -0.1) is 0 Å². The second-order valence-corrected chi connectivity index (χ2v) is 25.2. The van der Waals surface area contributed by atoms with E-state index < -0.39 is 6.10 Å². The number of carbonyl (C=O) groups is 3. The molecule has 0 bridgehead atoms. The zero-order valence-corrected chi connectivity index (χ0v) is 54.6. The first-order valence-corrected chi connectivity index (χ1v) is 36.7. The first-order valence-electron chi connectivity index (χ1n) is 36.7. The standard InChI is InChI=1S/C74H142O6/c1-4-7-10-13-16-19-22-25-28-30-32-34-35-36-37-38-39-41-42-44-46-49-52-55-58-61-64-67-73(76)79-70-71(69-78-72(75)66-63-60-57-54-51-48-27-24-21-18-15-12-9-6-3)80-74(77)68-65-62-59-56-53-50-47-45-43-40-33-31-29-26-23-20-17-14-11-8-5-2/h30,32,71H,4-29,31,33-70H2,1-3H3/b32-30-. The van der Waals surface area contributed by atoms with E-state index in [9.17, 15) is 14.4 Å². The Labute approximate surface area is 501 Å². The number of carbonyl (C=O) groups excluding carboxylic acids is 3. The minimum atomic E-state index is -0.765. The minimum absolute atomic E-state index is 0.0620. The van der Waals surface area contributed by atoms with Crippen molar-refractivity contribution in [3.8, 4) is 0 Å². The summed E-state index contributed by atoms with van der Waals surface area (Å²) in [6.45, 7) is 6.74. The lowest BCUT2D eigenvalue weighted by Crippen LogP contribution is -2.30. The quantitative estimate of drug-likeness (QED) is 0.0261. The molecule has 474 valence electrons. The van der Waals surface area contributed by atoms with E-state index in [-0.39, 0.29) is 31.1 Å². The summed E-state index contributed by atoms with van der Waals surface area (Å²) in [7, 11) is 0. The van der Waals surface area contributed by atoms with Gasteiger partial charge >= 0.3 is 17.9 Å². The van der Waals surface area contributed by atoms with Gasteiger partial charge in [0.1, 0.15) is 13.2 Å². The Bertz CT molecular complexity index is 1250. The maximum atomic E-state index is 13.0. The van der Waals surface area contributed by atoms with E-state index in [0.29, 0.717) is 19.3 Å². The molecule has 0 N–H and O–H groups in total. The van der Waals surface area contributed by atoms with Crippen LogP contribution in [-0.4, -0.2) is 37.2 Å². The Balaban J connectivity index is 4.20. The fraction of sp³-hybridized carbons (Fsp3) is 0.932. The molecule has 0 fully saturated rings. The van der Waals surface area contributed by atoms with Crippen molar-refractivity contribution in [2.45, 2.75) is 431 Å². The fourth-order valence-electron chi connectivity index (χ4n) is 11.5. The fourth-order valence-corrected chi connectivity index (χ4v) is 11.5. The van der Waals surface area contributed by atoms with Crippen LogP contribution in [0.15, 0.2) is 12.2 Å². The van der Waals surface area contributed by atoms with Gasteiger partial charge in [-0.3, -0.25) is 14.4 Å². The van der Waals surface area contributed by atoms with Crippen molar-refractivity contribution in [2.24, 2.45) is 0 Å². The predicted octanol–water partition coefficient (Wildman–Crippen LogP) is 25.2. The highest BCUT2D eigenvalue weighted by atomic mass is 16.6. The Morgan fingerprint density at radius 3 is 0.625 bits per heavy atom. The Morgan fingerprint density at radius 1 is 0.237 bits per heavy atom. The number of hydrogen-bond acceptors (Lipinski definition) is 6. The number of allylic oxidation sites excluding steroid dienone is 2. The zero-order valence-electron chi connectivity index (χ0n) is 54.6. The van der Waals surface area contributed by atoms with E-state index in [0.717, 1.165) is 57.8 Å². The smallest absolute Gasteiger partial charge is 0.306 e. The predicted molar refractivity (Wildman–Crippen MR) is 349 cm³/mol. The molecule has 0 saturated heterocycles. The number of rotatable bonds is 69. The van der Waals surface area contributed by atoms with Gasteiger partial charge < -0.3 is 14.2 Å². The molecule has 0 aromatic rings. The maximum Gasteiger partial charge on any atom is 0.306 e. The van der Waals surface area contributed by atoms with Gasteiger partial charge in [0.25, 0.3) is 0 Å². The average Bonchev–Trinajstić information content (AvgIpc) is 3.46. The number of unbranched alkanes of at least 4 members (excludes halogenated alkanes) is 56. The molecule has 6 heteroatoms. The van der Waals surface area contributed by atoms with Crippen LogP contribution >= 0.6 is 0 Å². The molecule has 0 rings (SSSR count). The molecule has 1 atom stereocenters. The molecule has 0 aromatic carbocycles. The number of ether oxygens (including phenoxy) is 3. The summed E-state index contributed by atoms with van der Waals surface area (Å²) in [5.41, 5.74) is 0. The molecule has 0 aromatic heterocycles. The molecule has 1 unspecified atom stereocenters. The normalized spacial score (nSPS) is 12.0. The van der Waals surface area contributed by atoms with E-state index in [1.54, 1.807) is 0 Å². The van der Waals surface area contributed by atoms with Crippen molar-refractivity contribution in [1.29, 1.82) is 0 Å². The van der Waals surface area contributed by atoms with E-state index in [2.05, 4.69) is 32.9 Å². The zero-order chi connectivity index (χ0) is 57.8. The molecule has 0 amide bonds. The van der Waals surface area contributed by atoms with Crippen molar-refractivity contribution in [3.63, 3.8) is 0 Å². The van der Waals surface area contributed by atoms with Gasteiger partial charge in [-0.05, 0) is 44.9 Å². The van der Waals surface area contributed by atoms with Crippen molar-refractivity contribution < 1.29 is 28.6 Å². The number of esters is 3. The Kier molecular flexibility index (Phi) is 68.0. The lowest BCUT2D eigenvalue weighted by Gasteiger charge is -2.18. The highest BCUT2D eigenvalue weighted by Gasteiger charge is 2.20. The molecule has 6 nitrogen and oxygen atoms in total. The lowest BCUT2D eigenvalue weighted by molar-refractivity contribution is -0.167. The van der Waals surface area contributed by atoms with Crippen LogP contribution < -0.4 is 0 Å². The van der Waals surface area contributed by atoms with Crippen LogP contribution in [0.5, 0.6) is 0 Å². The lowest BCUT2D eigenvalue weighted by atomic mass is 10.0. The van der Waals surface area contributed by atoms with Gasteiger partial charge in [0.2, 0.25) is 0 Å². The van der Waals surface area contributed by atoms with E-state index in [1.165, 1.54) is 327 Å². The molecule has 0 aliphatic heterocycles. The van der Waals surface area contributed by atoms with Crippen molar-refractivity contribution in [3.05, 3.63) is 12.2 Å². The summed E-state index contributed by atoms with van der Waals surface area (Å²) in [4.78, 5) is 38.5. The van der Waals surface area contributed by atoms with Crippen LogP contribution in [-0.2, 0) is 28.6 Å². The third-order valence-electron chi connectivity index (χ3n) is 17.0. The SMILES string of the molecule is CCCCCCCCCC/C=C\CCCCCCCCCCCCCCCCCC(=O)OCC(COC(=O)CCCCCCCCCCCCCCCC)OC(=O)CCCCCCCCCCCCCCCCCCCCCCC. The number of hydrogen-bond donors (Lipinski definition) is 0. The van der Waals surface area contributed by atoms with Gasteiger partial charge in [0, 0.05) is 19.3 Å². The molecule has 0 radical (unpaired) electrons.